The number of rotatable bonds is 4. The van der Waals surface area contributed by atoms with Crippen LogP contribution in [0.1, 0.15) is 15.3 Å². The third-order valence-electron chi connectivity index (χ3n) is 3.21. The molecule has 0 aliphatic rings. The van der Waals surface area contributed by atoms with Crippen molar-refractivity contribution in [3.63, 3.8) is 0 Å². The highest BCUT2D eigenvalue weighted by atomic mass is 79.9. The molecule has 0 amide bonds. The van der Waals surface area contributed by atoms with Gasteiger partial charge in [-0.15, -0.1) is 21.5 Å². The third-order valence-corrected chi connectivity index (χ3v) is 5.34. The molecule has 0 fully saturated rings. The molecule has 0 aliphatic heterocycles. The zero-order valence-corrected chi connectivity index (χ0v) is 14.1. The highest BCUT2D eigenvalue weighted by Gasteiger charge is 2.08. The minimum absolute atomic E-state index is 0.535. The van der Waals surface area contributed by atoms with Crippen LogP contribution in [0.5, 0.6) is 0 Å². The second-order valence-corrected chi connectivity index (χ2v) is 6.94. The Hall–Kier alpha value is -1.66. The van der Waals surface area contributed by atoms with Crippen molar-refractivity contribution in [3.8, 4) is 11.5 Å². The molecule has 3 aromatic rings. The van der Waals surface area contributed by atoms with Gasteiger partial charge in [-0.2, -0.15) is 0 Å². The molecule has 0 atom stereocenters. The van der Waals surface area contributed by atoms with Crippen molar-refractivity contribution in [2.45, 2.75) is 20.4 Å². The molecule has 0 unspecified atom stereocenters. The fourth-order valence-corrected chi connectivity index (χ4v) is 3.57. The topological polar surface area (TPSA) is 51.0 Å². The lowest BCUT2D eigenvalue weighted by Crippen LogP contribution is -1.99. The molecule has 0 spiro atoms. The fraction of sp³-hybridized carbons (Fsp3) is 0.200. The molecule has 0 aliphatic carbocycles. The Kier molecular flexibility index (Phi) is 4.07. The lowest BCUT2D eigenvalue weighted by molar-refractivity contribution is 0.568. The van der Waals surface area contributed by atoms with Gasteiger partial charge in [0.15, 0.2) is 0 Å². The molecule has 3 rings (SSSR count). The summed E-state index contributed by atoms with van der Waals surface area (Å²) in [4.78, 5) is 2.59. The summed E-state index contributed by atoms with van der Waals surface area (Å²) in [7, 11) is 0. The predicted molar refractivity (Wildman–Crippen MR) is 88.6 cm³/mol. The van der Waals surface area contributed by atoms with E-state index in [-0.39, 0.29) is 0 Å². The molecule has 4 nitrogen and oxygen atoms in total. The van der Waals surface area contributed by atoms with E-state index in [0.717, 1.165) is 17.8 Å². The van der Waals surface area contributed by atoms with E-state index in [1.807, 2.05) is 12.1 Å². The van der Waals surface area contributed by atoms with Crippen LogP contribution in [0.15, 0.2) is 39.5 Å². The fourth-order valence-electron chi connectivity index (χ4n) is 2.03. The van der Waals surface area contributed by atoms with Crippen molar-refractivity contribution in [2.75, 3.05) is 5.32 Å². The van der Waals surface area contributed by atoms with Crippen molar-refractivity contribution < 1.29 is 4.42 Å². The molecule has 1 aromatic carbocycles. The van der Waals surface area contributed by atoms with Crippen LogP contribution in [0.2, 0.25) is 0 Å². The quantitative estimate of drug-likeness (QED) is 0.723. The number of thiophene rings is 1. The summed E-state index contributed by atoms with van der Waals surface area (Å²) >= 11 is 5.34. The summed E-state index contributed by atoms with van der Waals surface area (Å²) in [5.74, 6) is 0.535. The Bertz CT molecular complexity index is 733. The van der Waals surface area contributed by atoms with Gasteiger partial charge < -0.3 is 9.73 Å². The number of anilines is 1. The number of hydrogen-bond donors (Lipinski definition) is 1. The lowest BCUT2D eigenvalue weighted by Gasteiger charge is -2.09. The van der Waals surface area contributed by atoms with E-state index >= 15 is 0 Å². The van der Waals surface area contributed by atoms with E-state index in [4.69, 9.17) is 4.42 Å². The molecule has 2 heterocycles. The van der Waals surface area contributed by atoms with Gasteiger partial charge in [0.25, 0.3) is 0 Å². The highest BCUT2D eigenvalue weighted by Crippen LogP contribution is 2.28. The van der Waals surface area contributed by atoms with E-state index in [2.05, 4.69) is 57.4 Å². The minimum Gasteiger partial charge on any atom is -0.423 e. The zero-order chi connectivity index (χ0) is 14.8. The monoisotopic (exact) mass is 363 g/mol. The molecule has 0 saturated carbocycles. The SMILES string of the molecule is Cc1ccc(-c2nnco2)cc1NCc1cc(Br)c(C)s1. The third kappa shape index (κ3) is 3.16. The van der Waals surface area contributed by atoms with Crippen LogP contribution in [0.4, 0.5) is 5.69 Å². The summed E-state index contributed by atoms with van der Waals surface area (Å²) in [5.41, 5.74) is 3.18. The maximum Gasteiger partial charge on any atom is 0.247 e. The molecule has 1 N–H and O–H groups in total. The summed E-state index contributed by atoms with van der Waals surface area (Å²) in [6.07, 6.45) is 1.34. The predicted octanol–water partition coefficient (Wildman–Crippen LogP) is 4.79. The van der Waals surface area contributed by atoms with Gasteiger partial charge in [0, 0.05) is 32.0 Å². The Morgan fingerprint density at radius 2 is 2.14 bits per heavy atom. The molecule has 6 heteroatoms. The van der Waals surface area contributed by atoms with E-state index in [9.17, 15) is 0 Å². The van der Waals surface area contributed by atoms with Crippen molar-refractivity contribution in [1.29, 1.82) is 0 Å². The van der Waals surface area contributed by atoms with E-state index < -0.39 is 0 Å². The van der Waals surface area contributed by atoms with Crippen LogP contribution >= 0.6 is 27.3 Å². The van der Waals surface area contributed by atoms with E-state index in [1.165, 1.54) is 26.2 Å². The summed E-state index contributed by atoms with van der Waals surface area (Å²) in [6, 6.07) is 8.24. The Morgan fingerprint density at radius 3 is 2.81 bits per heavy atom. The molecular formula is C15H14BrN3OS. The second kappa shape index (κ2) is 5.99. The molecular weight excluding hydrogens is 350 g/mol. The molecule has 0 saturated heterocycles. The Morgan fingerprint density at radius 1 is 1.29 bits per heavy atom. The van der Waals surface area contributed by atoms with Gasteiger partial charge in [0.2, 0.25) is 12.3 Å². The van der Waals surface area contributed by atoms with Crippen LogP contribution in [-0.2, 0) is 6.54 Å². The average molecular weight is 364 g/mol. The van der Waals surface area contributed by atoms with E-state index in [1.54, 1.807) is 11.3 Å². The van der Waals surface area contributed by atoms with Crippen molar-refractivity contribution in [1.82, 2.24) is 10.2 Å². The summed E-state index contributed by atoms with van der Waals surface area (Å²) in [5, 5.41) is 11.1. The maximum atomic E-state index is 5.24. The Balaban J connectivity index is 1.80. The van der Waals surface area contributed by atoms with Crippen molar-refractivity contribution in [2.24, 2.45) is 0 Å². The van der Waals surface area contributed by atoms with Crippen LogP contribution in [0.25, 0.3) is 11.5 Å². The van der Waals surface area contributed by atoms with Gasteiger partial charge in [-0.3, -0.25) is 0 Å². The van der Waals surface area contributed by atoms with Crippen molar-refractivity contribution >= 4 is 33.0 Å². The normalized spacial score (nSPS) is 10.8. The van der Waals surface area contributed by atoms with Crippen LogP contribution in [0, 0.1) is 13.8 Å². The van der Waals surface area contributed by atoms with Gasteiger partial charge in [0.1, 0.15) is 0 Å². The second-order valence-electron chi connectivity index (χ2n) is 4.74. The molecule has 0 radical (unpaired) electrons. The molecule has 21 heavy (non-hydrogen) atoms. The van der Waals surface area contributed by atoms with Crippen LogP contribution in [0.3, 0.4) is 0 Å². The zero-order valence-electron chi connectivity index (χ0n) is 11.7. The van der Waals surface area contributed by atoms with E-state index in [0.29, 0.717) is 5.89 Å². The van der Waals surface area contributed by atoms with Crippen LogP contribution in [-0.4, -0.2) is 10.2 Å². The first-order valence-electron chi connectivity index (χ1n) is 6.49. The standard InChI is InChI=1S/C15H14BrN3OS/c1-9-3-4-11(15-19-18-8-20-15)5-14(9)17-7-12-6-13(16)10(2)21-12/h3-6,8,17H,7H2,1-2H3. The van der Waals surface area contributed by atoms with Crippen LogP contribution < -0.4 is 5.32 Å². The number of halogens is 1. The largest absolute Gasteiger partial charge is 0.423 e. The molecule has 2 aromatic heterocycles. The lowest BCUT2D eigenvalue weighted by atomic mass is 10.1. The van der Waals surface area contributed by atoms with Gasteiger partial charge >= 0.3 is 0 Å². The highest BCUT2D eigenvalue weighted by molar-refractivity contribution is 9.10. The number of aromatic nitrogens is 2. The summed E-state index contributed by atoms with van der Waals surface area (Å²) in [6.45, 7) is 4.99. The van der Waals surface area contributed by atoms with Crippen molar-refractivity contribution in [3.05, 3.63) is 50.4 Å². The van der Waals surface area contributed by atoms with Gasteiger partial charge in [-0.1, -0.05) is 6.07 Å². The molecule has 108 valence electrons. The first-order valence-corrected chi connectivity index (χ1v) is 8.10. The number of hydrogen-bond acceptors (Lipinski definition) is 5. The first-order chi connectivity index (χ1) is 10.1. The first kappa shape index (κ1) is 14.3. The van der Waals surface area contributed by atoms with Gasteiger partial charge in [0.05, 0.1) is 0 Å². The summed E-state index contributed by atoms with van der Waals surface area (Å²) < 4.78 is 6.41. The smallest absolute Gasteiger partial charge is 0.247 e. The Labute approximate surface area is 135 Å². The van der Waals surface area contributed by atoms with Gasteiger partial charge in [-0.25, -0.2) is 0 Å². The number of nitrogens with zero attached hydrogens (tertiary/aromatic N) is 2. The number of nitrogens with one attached hydrogen (secondary N) is 1. The molecule has 0 bridgehead atoms. The number of benzene rings is 1. The van der Waals surface area contributed by atoms with Gasteiger partial charge in [-0.05, 0) is 53.5 Å². The minimum atomic E-state index is 0.535. The maximum absolute atomic E-state index is 5.24. The number of aryl methyl sites for hydroxylation is 2. The average Bonchev–Trinajstić information content (AvgIpc) is 3.09.